The minimum absolute atomic E-state index is 0.121. The highest BCUT2D eigenvalue weighted by molar-refractivity contribution is 7.08. The number of carbonyl (C=O) groups is 3. The van der Waals surface area contributed by atoms with Crippen molar-refractivity contribution >= 4 is 34.7 Å². The van der Waals surface area contributed by atoms with Crippen LogP contribution in [0.15, 0.2) is 41.2 Å². The highest BCUT2D eigenvalue weighted by Gasteiger charge is 2.39. The molecular formula is C24H25N5O3S. The van der Waals surface area contributed by atoms with Crippen molar-refractivity contribution in [1.29, 1.82) is 0 Å². The van der Waals surface area contributed by atoms with Crippen molar-refractivity contribution in [1.82, 2.24) is 19.6 Å². The normalized spacial score (nSPS) is 16.0. The number of aromatic nitrogens is 2. The number of fused-ring (bicyclic) bond motifs is 1. The van der Waals surface area contributed by atoms with E-state index in [2.05, 4.69) is 10.00 Å². The average Bonchev–Trinajstić information content (AvgIpc) is 3.50. The molecule has 170 valence electrons. The molecule has 1 saturated heterocycles. The van der Waals surface area contributed by atoms with Crippen molar-refractivity contribution < 1.29 is 14.4 Å². The lowest BCUT2D eigenvalue weighted by atomic mass is 10.1. The molecule has 3 amide bonds. The van der Waals surface area contributed by atoms with Crippen LogP contribution in [0.2, 0.25) is 0 Å². The number of carbonyl (C=O) groups excluding carboxylic acids is 3. The molecule has 2 aliphatic rings. The molecule has 2 aliphatic heterocycles. The number of benzene rings is 1. The van der Waals surface area contributed by atoms with Crippen LogP contribution in [-0.2, 0) is 24.8 Å². The standard InChI is InChI=1S/C24H25N5O3S/c1-16-18(13-26(2)25-16)14-29-23(31)19-4-3-5-20(22(19)24(29)32)27-7-9-28(10-8-27)21(30)12-17-6-11-33-15-17/h3-6,11,13,15H,7-10,12,14H2,1-2H3. The molecule has 0 unspecified atom stereocenters. The molecule has 1 fully saturated rings. The van der Waals surface area contributed by atoms with E-state index in [9.17, 15) is 14.4 Å². The van der Waals surface area contributed by atoms with Crippen molar-refractivity contribution in [2.45, 2.75) is 19.9 Å². The Balaban J connectivity index is 1.31. The number of hydrogen-bond acceptors (Lipinski definition) is 6. The van der Waals surface area contributed by atoms with Gasteiger partial charge in [0.1, 0.15) is 0 Å². The zero-order valence-corrected chi connectivity index (χ0v) is 19.5. The molecule has 0 atom stereocenters. The van der Waals surface area contributed by atoms with E-state index in [1.54, 1.807) is 22.1 Å². The van der Waals surface area contributed by atoms with Gasteiger partial charge in [0.15, 0.2) is 0 Å². The SMILES string of the molecule is Cc1nn(C)cc1CN1C(=O)c2cccc(N3CCN(C(=O)Cc4ccsc4)CC3)c2C1=O. The number of piperazine rings is 1. The Hall–Kier alpha value is -3.46. The molecule has 3 aromatic rings. The summed E-state index contributed by atoms with van der Waals surface area (Å²) in [5, 5.41) is 8.30. The van der Waals surface area contributed by atoms with Gasteiger partial charge in [-0.3, -0.25) is 24.0 Å². The average molecular weight is 464 g/mol. The lowest BCUT2D eigenvalue weighted by Gasteiger charge is -2.36. The molecule has 4 heterocycles. The van der Waals surface area contributed by atoms with E-state index in [1.165, 1.54) is 4.90 Å². The van der Waals surface area contributed by atoms with Gasteiger partial charge in [-0.05, 0) is 41.4 Å². The maximum absolute atomic E-state index is 13.3. The van der Waals surface area contributed by atoms with Crippen molar-refractivity contribution in [3.63, 3.8) is 0 Å². The summed E-state index contributed by atoms with van der Waals surface area (Å²) >= 11 is 1.59. The Morgan fingerprint density at radius 3 is 2.55 bits per heavy atom. The first-order valence-corrected chi connectivity index (χ1v) is 11.9. The first-order valence-electron chi connectivity index (χ1n) is 10.9. The predicted molar refractivity (Wildman–Crippen MR) is 125 cm³/mol. The third kappa shape index (κ3) is 3.93. The quantitative estimate of drug-likeness (QED) is 0.543. The zero-order valence-electron chi connectivity index (χ0n) is 18.7. The van der Waals surface area contributed by atoms with Crippen LogP contribution in [0.25, 0.3) is 0 Å². The molecule has 0 radical (unpaired) electrons. The summed E-state index contributed by atoms with van der Waals surface area (Å²) in [5.41, 5.74) is 4.36. The van der Waals surface area contributed by atoms with Crippen LogP contribution in [0.4, 0.5) is 5.69 Å². The number of hydrogen-bond donors (Lipinski definition) is 0. The highest BCUT2D eigenvalue weighted by atomic mass is 32.1. The third-order valence-electron chi connectivity index (χ3n) is 6.33. The van der Waals surface area contributed by atoms with E-state index in [4.69, 9.17) is 0 Å². The lowest BCUT2D eigenvalue weighted by molar-refractivity contribution is -0.130. The van der Waals surface area contributed by atoms with Gasteiger partial charge < -0.3 is 9.80 Å². The predicted octanol–water partition coefficient (Wildman–Crippen LogP) is 2.48. The van der Waals surface area contributed by atoms with E-state index in [1.807, 2.05) is 54.0 Å². The van der Waals surface area contributed by atoms with Gasteiger partial charge in [0.05, 0.1) is 35.5 Å². The largest absolute Gasteiger partial charge is 0.367 e. The first-order chi connectivity index (χ1) is 15.9. The maximum Gasteiger partial charge on any atom is 0.263 e. The summed E-state index contributed by atoms with van der Waals surface area (Å²) in [6.07, 6.45) is 2.26. The Morgan fingerprint density at radius 1 is 1.09 bits per heavy atom. The minimum atomic E-state index is -0.273. The van der Waals surface area contributed by atoms with Crippen molar-refractivity contribution in [2.75, 3.05) is 31.1 Å². The molecule has 5 rings (SSSR count). The van der Waals surface area contributed by atoms with Crippen LogP contribution in [0.3, 0.4) is 0 Å². The number of nitrogens with zero attached hydrogens (tertiary/aromatic N) is 5. The van der Waals surface area contributed by atoms with Crippen LogP contribution in [0.5, 0.6) is 0 Å². The third-order valence-corrected chi connectivity index (χ3v) is 7.06. The monoisotopic (exact) mass is 463 g/mol. The van der Waals surface area contributed by atoms with Crippen LogP contribution in [0, 0.1) is 6.92 Å². The summed E-state index contributed by atoms with van der Waals surface area (Å²) in [5.74, 6) is -0.426. The van der Waals surface area contributed by atoms with Crippen molar-refractivity contribution in [3.8, 4) is 0 Å². The van der Waals surface area contributed by atoms with Gasteiger partial charge in [-0.1, -0.05) is 6.07 Å². The number of rotatable bonds is 5. The molecule has 9 heteroatoms. The van der Waals surface area contributed by atoms with Gasteiger partial charge in [-0.15, -0.1) is 0 Å². The summed E-state index contributed by atoms with van der Waals surface area (Å²) in [6, 6.07) is 7.42. The summed E-state index contributed by atoms with van der Waals surface area (Å²) in [4.78, 5) is 44.3. The van der Waals surface area contributed by atoms with Gasteiger partial charge in [0, 0.05) is 45.0 Å². The number of amides is 3. The van der Waals surface area contributed by atoms with Crippen LogP contribution < -0.4 is 4.90 Å². The molecule has 1 aromatic carbocycles. The molecule has 2 aromatic heterocycles. The molecule has 0 saturated carbocycles. The zero-order chi connectivity index (χ0) is 23.1. The molecule has 0 aliphatic carbocycles. The van der Waals surface area contributed by atoms with E-state index in [0.29, 0.717) is 43.7 Å². The number of thiophene rings is 1. The minimum Gasteiger partial charge on any atom is -0.367 e. The fourth-order valence-electron chi connectivity index (χ4n) is 4.57. The number of aryl methyl sites for hydroxylation is 2. The molecule has 33 heavy (non-hydrogen) atoms. The highest BCUT2D eigenvalue weighted by Crippen LogP contribution is 2.33. The second-order valence-corrected chi connectivity index (χ2v) is 9.27. The van der Waals surface area contributed by atoms with Gasteiger partial charge in [0.2, 0.25) is 5.91 Å². The van der Waals surface area contributed by atoms with E-state index >= 15 is 0 Å². The van der Waals surface area contributed by atoms with E-state index < -0.39 is 0 Å². The van der Waals surface area contributed by atoms with E-state index in [-0.39, 0.29) is 24.3 Å². The van der Waals surface area contributed by atoms with Crippen LogP contribution in [-0.4, -0.2) is 63.5 Å². The number of anilines is 1. The summed E-state index contributed by atoms with van der Waals surface area (Å²) in [7, 11) is 1.82. The second-order valence-electron chi connectivity index (χ2n) is 8.49. The van der Waals surface area contributed by atoms with E-state index in [0.717, 1.165) is 22.5 Å². The Labute approximate surface area is 196 Å². The summed E-state index contributed by atoms with van der Waals surface area (Å²) in [6.45, 7) is 4.50. The van der Waals surface area contributed by atoms with Crippen molar-refractivity contribution in [3.05, 3.63) is 69.2 Å². The smallest absolute Gasteiger partial charge is 0.263 e. The molecular weight excluding hydrogens is 438 g/mol. The summed E-state index contributed by atoms with van der Waals surface area (Å²) < 4.78 is 1.69. The van der Waals surface area contributed by atoms with Crippen LogP contribution in [0.1, 0.15) is 37.5 Å². The fourth-order valence-corrected chi connectivity index (χ4v) is 5.24. The van der Waals surface area contributed by atoms with Gasteiger partial charge in [-0.25, -0.2) is 0 Å². The Morgan fingerprint density at radius 2 is 1.88 bits per heavy atom. The Bertz CT molecular complexity index is 1220. The van der Waals surface area contributed by atoms with Gasteiger partial charge >= 0.3 is 0 Å². The molecule has 0 spiro atoms. The first kappa shape index (κ1) is 21.4. The number of imide groups is 1. The molecule has 0 N–H and O–H groups in total. The van der Waals surface area contributed by atoms with Gasteiger partial charge in [0.25, 0.3) is 11.8 Å². The van der Waals surface area contributed by atoms with Crippen LogP contribution >= 0.6 is 11.3 Å². The molecule has 8 nitrogen and oxygen atoms in total. The topological polar surface area (TPSA) is 78.8 Å². The lowest BCUT2D eigenvalue weighted by Crippen LogP contribution is -2.49. The Kier molecular flexibility index (Phi) is 5.49. The van der Waals surface area contributed by atoms with Crippen molar-refractivity contribution in [2.24, 2.45) is 7.05 Å². The van der Waals surface area contributed by atoms with Gasteiger partial charge in [-0.2, -0.15) is 16.4 Å². The molecule has 0 bridgehead atoms. The second kappa shape index (κ2) is 8.47. The maximum atomic E-state index is 13.3. The fraction of sp³-hybridized carbons (Fsp3) is 0.333.